The Balaban J connectivity index is 1.61. The molecule has 1 saturated carbocycles. The van der Waals surface area contributed by atoms with Gasteiger partial charge in [0, 0.05) is 6.54 Å². The SMILES string of the molecule is Fc1cc(Cl)c(NCC2CCC3(CCCC3)O2)c(Cl)c1. The molecule has 0 aromatic heterocycles. The molecule has 1 aliphatic carbocycles. The Morgan fingerprint density at radius 3 is 2.50 bits per heavy atom. The highest BCUT2D eigenvalue weighted by molar-refractivity contribution is 6.39. The van der Waals surface area contributed by atoms with Crippen LogP contribution in [0.1, 0.15) is 38.5 Å². The Labute approximate surface area is 128 Å². The van der Waals surface area contributed by atoms with E-state index >= 15 is 0 Å². The highest BCUT2D eigenvalue weighted by atomic mass is 35.5. The molecule has 1 aliphatic heterocycles. The molecule has 1 heterocycles. The summed E-state index contributed by atoms with van der Waals surface area (Å²) in [5.41, 5.74) is 0.716. The first-order valence-corrected chi connectivity index (χ1v) is 7.90. The third-order valence-electron chi connectivity index (χ3n) is 4.37. The summed E-state index contributed by atoms with van der Waals surface area (Å²) in [7, 11) is 0. The zero-order chi connectivity index (χ0) is 14.2. The van der Waals surface area contributed by atoms with Crippen molar-refractivity contribution >= 4 is 28.9 Å². The van der Waals surface area contributed by atoms with Crippen molar-refractivity contribution in [2.24, 2.45) is 0 Å². The highest BCUT2D eigenvalue weighted by Gasteiger charge is 2.41. The van der Waals surface area contributed by atoms with Crippen molar-refractivity contribution < 1.29 is 9.13 Å². The lowest BCUT2D eigenvalue weighted by Gasteiger charge is -2.24. The first-order valence-electron chi connectivity index (χ1n) is 7.14. The lowest BCUT2D eigenvalue weighted by atomic mass is 9.98. The van der Waals surface area contributed by atoms with E-state index in [-0.39, 0.29) is 11.7 Å². The Morgan fingerprint density at radius 1 is 1.20 bits per heavy atom. The van der Waals surface area contributed by atoms with Crippen LogP contribution >= 0.6 is 23.2 Å². The van der Waals surface area contributed by atoms with Gasteiger partial charge in [-0.15, -0.1) is 0 Å². The van der Waals surface area contributed by atoms with Gasteiger partial charge in [-0.25, -0.2) is 4.39 Å². The molecule has 0 amide bonds. The van der Waals surface area contributed by atoms with Crippen molar-refractivity contribution in [3.63, 3.8) is 0 Å². The van der Waals surface area contributed by atoms with Crippen molar-refractivity contribution in [3.8, 4) is 0 Å². The standard InChI is InChI=1S/C15H18Cl2FNO/c16-12-7-10(18)8-13(17)14(12)19-9-11-3-6-15(20-11)4-1-2-5-15/h7-8,11,19H,1-6,9H2. The number of hydrogen-bond donors (Lipinski definition) is 1. The van der Waals surface area contributed by atoms with Crippen LogP contribution in [0.4, 0.5) is 10.1 Å². The number of hydrogen-bond acceptors (Lipinski definition) is 2. The van der Waals surface area contributed by atoms with E-state index in [1.165, 1.54) is 37.8 Å². The van der Waals surface area contributed by atoms with E-state index in [0.29, 0.717) is 22.3 Å². The average molecular weight is 318 g/mol. The summed E-state index contributed by atoms with van der Waals surface area (Å²) in [5, 5.41) is 3.82. The summed E-state index contributed by atoms with van der Waals surface area (Å²) in [6.45, 7) is 0.660. The van der Waals surface area contributed by atoms with Gasteiger partial charge in [-0.05, 0) is 37.8 Å². The van der Waals surface area contributed by atoms with Gasteiger partial charge in [0.25, 0.3) is 0 Å². The molecule has 2 fully saturated rings. The maximum Gasteiger partial charge on any atom is 0.126 e. The summed E-state index contributed by atoms with van der Waals surface area (Å²) >= 11 is 12.0. The van der Waals surface area contributed by atoms with Gasteiger partial charge in [0.05, 0.1) is 27.4 Å². The fraction of sp³-hybridized carbons (Fsp3) is 0.600. The van der Waals surface area contributed by atoms with Crippen LogP contribution in [-0.4, -0.2) is 18.2 Å². The summed E-state index contributed by atoms with van der Waals surface area (Å²) in [6, 6.07) is 2.54. The van der Waals surface area contributed by atoms with E-state index in [1.807, 2.05) is 0 Å². The van der Waals surface area contributed by atoms with Crippen molar-refractivity contribution in [2.75, 3.05) is 11.9 Å². The molecule has 1 spiro atoms. The minimum absolute atomic E-state index is 0.128. The van der Waals surface area contributed by atoms with Gasteiger partial charge in [0.15, 0.2) is 0 Å². The van der Waals surface area contributed by atoms with Crippen LogP contribution in [0.3, 0.4) is 0 Å². The second-order valence-corrected chi connectivity index (χ2v) is 6.61. The van der Waals surface area contributed by atoms with Crippen molar-refractivity contribution in [3.05, 3.63) is 28.0 Å². The summed E-state index contributed by atoms with van der Waals surface area (Å²) in [6.07, 6.45) is 7.30. The average Bonchev–Trinajstić information content (AvgIpc) is 2.99. The summed E-state index contributed by atoms with van der Waals surface area (Å²) < 4.78 is 19.3. The molecule has 20 heavy (non-hydrogen) atoms. The molecule has 1 aromatic carbocycles. The van der Waals surface area contributed by atoms with Crippen LogP contribution in [0.25, 0.3) is 0 Å². The van der Waals surface area contributed by atoms with Gasteiger partial charge in [-0.3, -0.25) is 0 Å². The zero-order valence-corrected chi connectivity index (χ0v) is 12.7. The molecule has 0 bridgehead atoms. The van der Waals surface area contributed by atoms with Gasteiger partial charge in [0.2, 0.25) is 0 Å². The Morgan fingerprint density at radius 2 is 1.85 bits per heavy atom. The molecule has 1 unspecified atom stereocenters. The third-order valence-corrected chi connectivity index (χ3v) is 4.96. The van der Waals surface area contributed by atoms with Gasteiger partial charge < -0.3 is 10.1 Å². The number of benzene rings is 1. The van der Waals surface area contributed by atoms with E-state index in [1.54, 1.807) is 0 Å². The third kappa shape index (κ3) is 2.90. The van der Waals surface area contributed by atoms with Crippen LogP contribution < -0.4 is 5.32 Å². The van der Waals surface area contributed by atoms with E-state index in [2.05, 4.69) is 5.32 Å². The van der Waals surface area contributed by atoms with E-state index < -0.39 is 5.82 Å². The van der Waals surface area contributed by atoms with Gasteiger partial charge in [-0.1, -0.05) is 36.0 Å². The Kier molecular flexibility index (Phi) is 4.11. The fourth-order valence-electron chi connectivity index (χ4n) is 3.35. The molecular weight excluding hydrogens is 300 g/mol. The molecule has 1 saturated heterocycles. The molecule has 2 nitrogen and oxygen atoms in total. The first kappa shape index (κ1) is 14.4. The number of ether oxygens (including phenoxy) is 1. The molecule has 3 rings (SSSR count). The van der Waals surface area contributed by atoms with E-state index in [9.17, 15) is 4.39 Å². The minimum Gasteiger partial charge on any atom is -0.380 e. The lowest BCUT2D eigenvalue weighted by Crippen LogP contribution is -2.28. The van der Waals surface area contributed by atoms with E-state index in [4.69, 9.17) is 27.9 Å². The Bertz CT molecular complexity index is 480. The van der Waals surface area contributed by atoms with Crippen LogP contribution in [0.15, 0.2) is 12.1 Å². The van der Waals surface area contributed by atoms with Gasteiger partial charge in [-0.2, -0.15) is 0 Å². The highest BCUT2D eigenvalue weighted by Crippen LogP contribution is 2.43. The van der Waals surface area contributed by atoms with Crippen molar-refractivity contribution in [2.45, 2.75) is 50.2 Å². The topological polar surface area (TPSA) is 21.3 Å². The summed E-state index contributed by atoms with van der Waals surface area (Å²) in [5.74, 6) is -0.424. The number of nitrogens with one attached hydrogen (secondary N) is 1. The molecule has 110 valence electrons. The lowest BCUT2D eigenvalue weighted by molar-refractivity contribution is -0.0307. The van der Waals surface area contributed by atoms with E-state index in [0.717, 1.165) is 12.8 Å². The molecule has 1 atom stereocenters. The second kappa shape index (κ2) is 5.70. The maximum atomic E-state index is 13.1. The van der Waals surface area contributed by atoms with Gasteiger partial charge >= 0.3 is 0 Å². The van der Waals surface area contributed by atoms with Crippen LogP contribution in [0.2, 0.25) is 10.0 Å². The van der Waals surface area contributed by atoms with Crippen LogP contribution in [-0.2, 0) is 4.74 Å². The number of anilines is 1. The minimum atomic E-state index is -0.424. The molecule has 1 N–H and O–H groups in total. The summed E-state index contributed by atoms with van der Waals surface area (Å²) in [4.78, 5) is 0. The predicted molar refractivity (Wildman–Crippen MR) is 80.2 cm³/mol. The monoisotopic (exact) mass is 317 g/mol. The second-order valence-electron chi connectivity index (χ2n) is 5.79. The molecule has 0 radical (unpaired) electrons. The molecule has 2 aliphatic rings. The number of halogens is 3. The van der Waals surface area contributed by atoms with Gasteiger partial charge in [0.1, 0.15) is 5.82 Å². The first-order chi connectivity index (χ1) is 9.58. The Hall–Kier alpha value is -0.510. The number of rotatable bonds is 3. The van der Waals surface area contributed by atoms with Crippen molar-refractivity contribution in [1.29, 1.82) is 0 Å². The smallest absolute Gasteiger partial charge is 0.126 e. The van der Waals surface area contributed by atoms with Crippen LogP contribution in [0.5, 0.6) is 0 Å². The predicted octanol–water partition coefficient (Wildman–Crippen LogP) is 5.04. The van der Waals surface area contributed by atoms with Crippen LogP contribution in [0, 0.1) is 5.82 Å². The zero-order valence-electron chi connectivity index (χ0n) is 11.2. The largest absolute Gasteiger partial charge is 0.380 e. The quantitative estimate of drug-likeness (QED) is 0.843. The fourth-order valence-corrected chi connectivity index (χ4v) is 3.95. The maximum absolute atomic E-state index is 13.1. The molecule has 1 aromatic rings. The molecule has 5 heteroatoms. The molecular formula is C15H18Cl2FNO. The van der Waals surface area contributed by atoms with Crippen molar-refractivity contribution in [1.82, 2.24) is 0 Å². The normalized spacial score (nSPS) is 24.4.